The van der Waals surface area contributed by atoms with Gasteiger partial charge < -0.3 is 19.3 Å². The second kappa shape index (κ2) is 9.96. The van der Waals surface area contributed by atoms with Crippen molar-refractivity contribution in [1.82, 2.24) is 0 Å². The Morgan fingerprint density at radius 1 is 0.969 bits per heavy atom. The molecule has 0 radical (unpaired) electrons. The van der Waals surface area contributed by atoms with Crippen LogP contribution in [0.5, 0.6) is 5.75 Å². The number of carbonyl (C=O) groups is 3. The van der Waals surface area contributed by atoms with Gasteiger partial charge in [0.1, 0.15) is 17.3 Å². The number of benzene rings is 2. The van der Waals surface area contributed by atoms with Crippen LogP contribution < -0.4 is 4.74 Å². The van der Waals surface area contributed by atoms with Crippen molar-refractivity contribution in [2.75, 3.05) is 20.3 Å². The molecule has 0 aromatic heterocycles. The third-order valence-electron chi connectivity index (χ3n) is 5.88. The fourth-order valence-electron chi connectivity index (χ4n) is 4.48. The Hall–Kier alpha value is -3.19. The van der Waals surface area contributed by atoms with Crippen molar-refractivity contribution in [2.45, 2.75) is 31.8 Å². The quantitative estimate of drug-likeness (QED) is 0.522. The Balaban J connectivity index is 2.22. The van der Waals surface area contributed by atoms with Crippen molar-refractivity contribution in [2.24, 2.45) is 11.8 Å². The molecule has 0 amide bonds. The van der Waals surface area contributed by atoms with Crippen molar-refractivity contribution in [3.05, 3.63) is 65.7 Å². The summed E-state index contributed by atoms with van der Waals surface area (Å²) in [5.74, 6) is -4.74. The van der Waals surface area contributed by atoms with E-state index in [2.05, 4.69) is 0 Å². The van der Waals surface area contributed by atoms with Crippen molar-refractivity contribution in [1.29, 1.82) is 0 Å². The van der Waals surface area contributed by atoms with Crippen LogP contribution in [0.1, 0.15) is 37.3 Å². The van der Waals surface area contributed by atoms with Crippen LogP contribution in [-0.2, 0) is 29.5 Å². The van der Waals surface area contributed by atoms with Gasteiger partial charge in [-0.1, -0.05) is 42.5 Å². The number of Topliss-reactive ketones (excluding diaryl/α,β-unsaturated/α-hetero) is 1. The molecule has 3 rings (SSSR count). The van der Waals surface area contributed by atoms with Gasteiger partial charge in [0, 0.05) is 12.3 Å². The third kappa shape index (κ3) is 4.39. The number of ketones is 1. The fourth-order valence-corrected chi connectivity index (χ4v) is 4.48. The van der Waals surface area contributed by atoms with Gasteiger partial charge in [0.05, 0.1) is 26.2 Å². The van der Waals surface area contributed by atoms with Crippen LogP contribution >= 0.6 is 0 Å². The van der Waals surface area contributed by atoms with Gasteiger partial charge in [-0.3, -0.25) is 14.4 Å². The Kier molecular flexibility index (Phi) is 7.30. The van der Waals surface area contributed by atoms with Gasteiger partial charge in [-0.2, -0.15) is 0 Å². The molecule has 170 valence electrons. The molecule has 0 bridgehead atoms. The first-order chi connectivity index (χ1) is 15.4. The minimum absolute atomic E-state index is 0.0883. The van der Waals surface area contributed by atoms with E-state index >= 15 is 0 Å². The zero-order chi connectivity index (χ0) is 23.3. The molecular weight excluding hydrogens is 412 g/mol. The van der Waals surface area contributed by atoms with Crippen LogP contribution in [0.15, 0.2) is 54.6 Å². The van der Waals surface area contributed by atoms with E-state index in [9.17, 15) is 19.5 Å². The summed E-state index contributed by atoms with van der Waals surface area (Å²) in [6, 6.07) is 15.3. The molecule has 7 nitrogen and oxygen atoms in total. The number of hydrogen-bond acceptors (Lipinski definition) is 7. The first kappa shape index (κ1) is 23.5. The van der Waals surface area contributed by atoms with Crippen LogP contribution in [0.25, 0.3) is 0 Å². The van der Waals surface area contributed by atoms with Crippen molar-refractivity contribution in [3.8, 4) is 5.75 Å². The van der Waals surface area contributed by atoms with Crippen LogP contribution in [0.2, 0.25) is 0 Å². The van der Waals surface area contributed by atoms with E-state index in [1.54, 1.807) is 68.4 Å². The number of hydrogen-bond donors (Lipinski definition) is 1. The molecule has 32 heavy (non-hydrogen) atoms. The largest absolute Gasteiger partial charge is 0.497 e. The Morgan fingerprint density at radius 3 is 2.12 bits per heavy atom. The predicted octanol–water partition coefficient (Wildman–Crippen LogP) is 3.00. The first-order valence-electron chi connectivity index (χ1n) is 10.6. The number of esters is 2. The molecule has 0 unspecified atom stereocenters. The van der Waals surface area contributed by atoms with E-state index in [1.807, 2.05) is 0 Å². The molecule has 1 aliphatic rings. The lowest BCUT2D eigenvalue weighted by Gasteiger charge is -2.45. The highest BCUT2D eigenvalue weighted by atomic mass is 16.5. The van der Waals surface area contributed by atoms with Gasteiger partial charge in [0.15, 0.2) is 5.78 Å². The third-order valence-corrected chi connectivity index (χ3v) is 5.88. The molecule has 0 aliphatic heterocycles. The van der Waals surface area contributed by atoms with Crippen molar-refractivity contribution >= 4 is 17.7 Å². The van der Waals surface area contributed by atoms with Crippen molar-refractivity contribution < 1.29 is 33.7 Å². The summed E-state index contributed by atoms with van der Waals surface area (Å²) in [5, 5.41) is 11.8. The smallest absolute Gasteiger partial charge is 0.317 e. The molecule has 2 aromatic rings. The standard InChI is InChI=1S/C25H28O7/c1-4-31-23(27)21-19(26)15-25(29,17-9-7-6-8-10-17)22(24(28)32-5-2)20(21)16-11-13-18(30-3)14-12-16/h6-14,20-22,29H,4-5,15H2,1-3H3/t20-,21-,22+,25+/m0/s1. The van der Waals surface area contributed by atoms with E-state index in [1.165, 1.54) is 7.11 Å². The number of carbonyl (C=O) groups excluding carboxylic acids is 3. The van der Waals surface area contributed by atoms with Gasteiger partial charge in [-0.15, -0.1) is 0 Å². The minimum Gasteiger partial charge on any atom is -0.497 e. The topological polar surface area (TPSA) is 99.1 Å². The molecule has 0 heterocycles. The van der Waals surface area contributed by atoms with Gasteiger partial charge in [-0.05, 0) is 37.1 Å². The van der Waals surface area contributed by atoms with E-state index in [-0.39, 0.29) is 13.2 Å². The summed E-state index contributed by atoms with van der Waals surface area (Å²) < 4.78 is 15.7. The highest BCUT2D eigenvalue weighted by Crippen LogP contribution is 2.51. The molecule has 7 heteroatoms. The van der Waals surface area contributed by atoms with Gasteiger partial charge >= 0.3 is 11.9 Å². The Bertz CT molecular complexity index is 954. The molecule has 0 saturated heterocycles. The summed E-state index contributed by atoms with van der Waals surface area (Å²) >= 11 is 0. The van der Waals surface area contributed by atoms with Crippen LogP contribution in [0.3, 0.4) is 0 Å². The maximum absolute atomic E-state index is 13.3. The monoisotopic (exact) mass is 440 g/mol. The average Bonchev–Trinajstić information content (AvgIpc) is 2.79. The van der Waals surface area contributed by atoms with Crippen LogP contribution in [-0.4, -0.2) is 43.2 Å². The summed E-state index contributed by atoms with van der Waals surface area (Å²) in [4.78, 5) is 39.4. The molecule has 1 aliphatic carbocycles. The Labute approximate surface area is 187 Å². The average molecular weight is 440 g/mol. The summed E-state index contributed by atoms with van der Waals surface area (Å²) in [6.45, 7) is 3.49. The van der Waals surface area contributed by atoms with E-state index in [4.69, 9.17) is 14.2 Å². The zero-order valence-electron chi connectivity index (χ0n) is 18.4. The lowest BCUT2D eigenvalue weighted by atomic mass is 9.59. The Morgan fingerprint density at radius 2 is 1.56 bits per heavy atom. The molecule has 1 N–H and O–H groups in total. The van der Waals surface area contributed by atoms with Gasteiger partial charge in [-0.25, -0.2) is 0 Å². The fraction of sp³-hybridized carbons (Fsp3) is 0.400. The summed E-state index contributed by atoms with van der Waals surface area (Å²) in [5.41, 5.74) is -0.908. The van der Waals surface area contributed by atoms with Gasteiger partial charge in [0.2, 0.25) is 0 Å². The first-order valence-corrected chi connectivity index (χ1v) is 10.6. The number of ether oxygens (including phenoxy) is 3. The molecule has 0 spiro atoms. The highest BCUT2D eigenvalue weighted by molar-refractivity contribution is 6.03. The van der Waals surface area contributed by atoms with Crippen LogP contribution in [0, 0.1) is 11.8 Å². The lowest BCUT2D eigenvalue weighted by molar-refractivity contribution is -0.176. The molecule has 1 saturated carbocycles. The summed E-state index contributed by atoms with van der Waals surface area (Å²) in [6.07, 6.45) is -0.406. The zero-order valence-corrected chi connectivity index (χ0v) is 18.4. The van der Waals surface area contributed by atoms with Crippen LogP contribution in [0.4, 0.5) is 0 Å². The number of aliphatic hydroxyl groups is 1. The van der Waals surface area contributed by atoms with Crippen molar-refractivity contribution in [3.63, 3.8) is 0 Å². The maximum Gasteiger partial charge on any atom is 0.317 e. The second-order valence-electron chi connectivity index (χ2n) is 7.69. The maximum atomic E-state index is 13.3. The van der Waals surface area contributed by atoms with E-state index < -0.39 is 47.5 Å². The SMILES string of the molecule is CCOC(=O)[C@H]1C(=O)C[C@@](O)(c2ccccc2)[C@@H](C(=O)OCC)[C@H]1c1ccc(OC)cc1. The number of methoxy groups -OCH3 is 1. The minimum atomic E-state index is -1.85. The summed E-state index contributed by atoms with van der Waals surface area (Å²) in [7, 11) is 1.52. The molecule has 4 atom stereocenters. The molecule has 1 fully saturated rings. The van der Waals surface area contributed by atoms with Gasteiger partial charge in [0.25, 0.3) is 0 Å². The molecule has 2 aromatic carbocycles. The van der Waals surface area contributed by atoms with E-state index in [0.717, 1.165) is 0 Å². The highest BCUT2D eigenvalue weighted by Gasteiger charge is 2.59. The second-order valence-corrected chi connectivity index (χ2v) is 7.69. The lowest BCUT2D eigenvalue weighted by Crippen LogP contribution is -2.55. The van der Waals surface area contributed by atoms with E-state index in [0.29, 0.717) is 16.9 Å². The predicted molar refractivity (Wildman–Crippen MR) is 116 cm³/mol. The number of rotatable bonds is 7. The molecular formula is C25H28O7. The normalized spacial score (nSPS) is 25.1.